The lowest BCUT2D eigenvalue weighted by molar-refractivity contribution is -0.920. The molecule has 1 aromatic heterocycles. The minimum atomic E-state index is -0.0372. The lowest BCUT2D eigenvalue weighted by Gasteiger charge is -2.25. The predicted octanol–water partition coefficient (Wildman–Crippen LogP) is 3.43. The van der Waals surface area contributed by atoms with Crippen molar-refractivity contribution in [3.8, 4) is 5.69 Å². The molecule has 2 atom stereocenters. The summed E-state index contributed by atoms with van der Waals surface area (Å²) in [6.07, 6.45) is 0. The lowest BCUT2D eigenvalue weighted by Crippen LogP contribution is -3.08. The van der Waals surface area contributed by atoms with Crippen LogP contribution in [0.2, 0.25) is 5.02 Å². The molecule has 0 spiro atoms. The summed E-state index contributed by atoms with van der Waals surface area (Å²) >= 11 is 6.20. The van der Waals surface area contributed by atoms with Crippen molar-refractivity contribution in [3.05, 3.63) is 106 Å². The molecule has 0 bridgehead atoms. The fraction of sp³-hybridized carbons (Fsp3) is 0.174. The van der Waals surface area contributed by atoms with Crippen LogP contribution in [0.5, 0.6) is 0 Å². The second-order valence-electron chi connectivity index (χ2n) is 7.23. The molecule has 0 radical (unpaired) electrons. The van der Waals surface area contributed by atoms with Crippen LogP contribution in [-0.2, 0) is 6.54 Å². The maximum Gasteiger partial charge on any atom is 0.218 e. The molecule has 6 heteroatoms. The van der Waals surface area contributed by atoms with Crippen molar-refractivity contribution in [2.75, 3.05) is 7.05 Å². The van der Waals surface area contributed by atoms with Crippen LogP contribution in [0, 0.1) is 6.92 Å². The van der Waals surface area contributed by atoms with Gasteiger partial charge < -0.3 is 4.90 Å². The Morgan fingerprint density at radius 1 is 0.966 bits per heavy atom. The van der Waals surface area contributed by atoms with E-state index in [9.17, 15) is 0 Å². The number of rotatable bonds is 6. The number of para-hydroxylation sites is 1. The third-order valence-electron chi connectivity index (χ3n) is 5.09. The molecule has 1 heterocycles. The minimum absolute atomic E-state index is 0.0372. The normalized spacial score (nSPS) is 13.2. The first-order valence-corrected chi connectivity index (χ1v) is 9.97. The highest BCUT2D eigenvalue weighted by atomic mass is 35.5. The number of aromatic nitrogens is 4. The van der Waals surface area contributed by atoms with Crippen molar-refractivity contribution in [2.45, 2.75) is 19.5 Å². The zero-order chi connectivity index (χ0) is 20.2. The van der Waals surface area contributed by atoms with E-state index in [1.807, 2.05) is 47.1 Å². The van der Waals surface area contributed by atoms with Crippen LogP contribution in [0.4, 0.5) is 0 Å². The third-order valence-corrected chi connectivity index (χ3v) is 5.33. The molecule has 0 aliphatic rings. The van der Waals surface area contributed by atoms with E-state index >= 15 is 0 Å². The van der Waals surface area contributed by atoms with Gasteiger partial charge in [-0.2, -0.15) is 4.68 Å². The number of tetrazole rings is 1. The molecular formula is C23H23ClN5+. The maximum absolute atomic E-state index is 6.20. The zero-order valence-corrected chi connectivity index (χ0v) is 17.2. The molecule has 5 nitrogen and oxygen atoms in total. The van der Waals surface area contributed by atoms with E-state index in [0.29, 0.717) is 0 Å². The topological polar surface area (TPSA) is 48.0 Å². The van der Waals surface area contributed by atoms with E-state index in [1.165, 1.54) is 10.5 Å². The summed E-state index contributed by atoms with van der Waals surface area (Å²) in [4.78, 5) is 1.25. The number of hydrogen-bond donors (Lipinski definition) is 1. The molecule has 0 amide bonds. The Balaban J connectivity index is 1.77. The van der Waals surface area contributed by atoms with E-state index in [1.54, 1.807) is 0 Å². The Morgan fingerprint density at radius 3 is 2.48 bits per heavy atom. The Bertz CT molecular complexity index is 1090. The number of benzene rings is 3. The summed E-state index contributed by atoms with van der Waals surface area (Å²) in [5, 5.41) is 13.5. The van der Waals surface area contributed by atoms with Crippen LogP contribution in [0.3, 0.4) is 0 Å². The fourth-order valence-electron chi connectivity index (χ4n) is 3.72. The van der Waals surface area contributed by atoms with Crippen LogP contribution in [0.15, 0.2) is 78.9 Å². The predicted molar refractivity (Wildman–Crippen MR) is 114 cm³/mol. The van der Waals surface area contributed by atoms with Crippen LogP contribution < -0.4 is 4.90 Å². The number of nitrogens with one attached hydrogen (secondary N) is 1. The number of halogens is 1. The van der Waals surface area contributed by atoms with Crippen LogP contribution in [-0.4, -0.2) is 27.3 Å². The molecule has 146 valence electrons. The second kappa shape index (κ2) is 8.55. The summed E-state index contributed by atoms with van der Waals surface area (Å²) in [5.74, 6) is 0.810. The fourth-order valence-corrected chi connectivity index (χ4v) is 3.93. The maximum atomic E-state index is 6.20. The van der Waals surface area contributed by atoms with Crippen LogP contribution in [0.1, 0.15) is 28.6 Å². The molecule has 0 aliphatic carbocycles. The quantitative estimate of drug-likeness (QED) is 0.535. The van der Waals surface area contributed by atoms with Crippen molar-refractivity contribution in [3.63, 3.8) is 0 Å². The Morgan fingerprint density at radius 2 is 1.72 bits per heavy atom. The molecule has 1 unspecified atom stereocenters. The molecular weight excluding hydrogens is 382 g/mol. The van der Waals surface area contributed by atoms with Crippen molar-refractivity contribution < 1.29 is 4.90 Å². The van der Waals surface area contributed by atoms with Gasteiger partial charge in [0.25, 0.3) is 0 Å². The van der Waals surface area contributed by atoms with Gasteiger partial charge in [0.2, 0.25) is 5.82 Å². The summed E-state index contributed by atoms with van der Waals surface area (Å²) in [6, 6.07) is 26.5. The summed E-state index contributed by atoms with van der Waals surface area (Å²) in [7, 11) is 2.16. The van der Waals surface area contributed by atoms with Gasteiger partial charge in [-0.1, -0.05) is 72.3 Å². The van der Waals surface area contributed by atoms with Crippen molar-refractivity contribution in [1.82, 2.24) is 20.2 Å². The van der Waals surface area contributed by atoms with Gasteiger partial charge in [-0.25, -0.2) is 0 Å². The Kier molecular flexibility index (Phi) is 5.69. The first kappa shape index (κ1) is 19.3. The van der Waals surface area contributed by atoms with Crippen molar-refractivity contribution in [2.24, 2.45) is 0 Å². The molecule has 0 saturated carbocycles. The highest BCUT2D eigenvalue weighted by Gasteiger charge is 2.30. The van der Waals surface area contributed by atoms with Crippen molar-refractivity contribution in [1.29, 1.82) is 0 Å². The van der Waals surface area contributed by atoms with E-state index < -0.39 is 0 Å². The molecule has 0 saturated heterocycles. The minimum Gasteiger partial charge on any atom is -0.321 e. The van der Waals surface area contributed by atoms with Crippen LogP contribution in [0.25, 0.3) is 5.69 Å². The SMILES string of the molecule is Cc1ccccc1-n1nnnc1[C@H](c1ccccc1)[NH+](C)Cc1cccc(Cl)c1. The first-order chi connectivity index (χ1) is 14.1. The molecule has 0 fully saturated rings. The van der Waals surface area contributed by atoms with E-state index in [0.717, 1.165) is 34.2 Å². The zero-order valence-electron chi connectivity index (χ0n) is 16.5. The summed E-state index contributed by atoms with van der Waals surface area (Å²) in [5.41, 5.74) is 4.45. The molecule has 29 heavy (non-hydrogen) atoms. The smallest absolute Gasteiger partial charge is 0.218 e. The highest BCUT2D eigenvalue weighted by molar-refractivity contribution is 6.30. The van der Waals surface area contributed by atoms with E-state index in [-0.39, 0.29) is 6.04 Å². The standard InChI is InChI=1S/C23H22ClN5/c1-17-9-6-7-14-21(17)29-23(25-26-27-29)22(19-11-4-3-5-12-19)28(2)16-18-10-8-13-20(24)15-18/h3-15,22H,16H2,1-2H3/p+1/t22-/m0/s1. The van der Waals surface area contributed by atoms with Gasteiger partial charge >= 0.3 is 0 Å². The van der Waals surface area contributed by atoms with Gasteiger partial charge in [-0.15, -0.1) is 5.10 Å². The van der Waals surface area contributed by atoms with Gasteiger partial charge in [0.15, 0.2) is 6.04 Å². The van der Waals surface area contributed by atoms with Gasteiger partial charge in [0.1, 0.15) is 6.54 Å². The lowest BCUT2D eigenvalue weighted by atomic mass is 10.0. The first-order valence-electron chi connectivity index (χ1n) is 9.59. The average molecular weight is 405 g/mol. The monoisotopic (exact) mass is 404 g/mol. The summed E-state index contributed by atoms with van der Waals surface area (Å²) < 4.78 is 1.86. The van der Waals surface area contributed by atoms with Gasteiger partial charge in [0, 0.05) is 16.1 Å². The van der Waals surface area contributed by atoms with E-state index in [4.69, 9.17) is 11.6 Å². The molecule has 3 aromatic carbocycles. The number of nitrogens with zero attached hydrogens (tertiary/aromatic N) is 4. The van der Waals surface area contributed by atoms with E-state index in [2.05, 4.69) is 65.9 Å². The average Bonchev–Trinajstić information content (AvgIpc) is 3.18. The molecule has 4 rings (SSSR count). The molecule has 0 aliphatic heterocycles. The van der Waals surface area contributed by atoms with Crippen molar-refractivity contribution >= 4 is 11.6 Å². The van der Waals surface area contributed by atoms with Gasteiger partial charge in [-0.3, -0.25) is 0 Å². The van der Waals surface area contributed by atoms with Gasteiger partial charge in [0.05, 0.1) is 12.7 Å². The Hall–Kier alpha value is -3.02. The Labute approximate surface area is 175 Å². The number of aryl methyl sites for hydroxylation is 1. The number of quaternary nitrogens is 1. The molecule has 1 N–H and O–H groups in total. The highest BCUT2D eigenvalue weighted by Crippen LogP contribution is 2.21. The summed E-state index contributed by atoms with van der Waals surface area (Å²) in [6.45, 7) is 2.86. The molecule has 4 aromatic rings. The van der Waals surface area contributed by atoms with Crippen LogP contribution >= 0.6 is 11.6 Å². The largest absolute Gasteiger partial charge is 0.321 e. The number of hydrogen-bond acceptors (Lipinski definition) is 3. The third kappa shape index (κ3) is 4.21. The second-order valence-corrected chi connectivity index (χ2v) is 7.67. The van der Waals surface area contributed by atoms with Gasteiger partial charge in [-0.05, 0) is 41.1 Å².